The summed E-state index contributed by atoms with van der Waals surface area (Å²) < 4.78 is 0. The topological polar surface area (TPSA) is 63.8 Å². The number of nitrogens with two attached hydrogens (primary N) is 1. The minimum absolute atomic E-state index is 0.560. The van der Waals surface area contributed by atoms with Crippen molar-refractivity contribution in [2.75, 3.05) is 18.4 Å². The minimum Gasteiger partial charge on any atom is -0.368 e. The van der Waals surface area contributed by atoms with Crippen LogP contribution in [0.3, 0.4) is 0 Å². The van der Waals surface area contributed by atoms with E-state index in [1.165, 1.54) is 0 Å². The molecule has 6 heteroatoms. The molecule has 3 N–H and O–H groups in total. The molecule has 0 spiro atoms. The van der Waals surface area contributed by atoms with Gasteiger partial charge in [-0.2, -0.15) is 0 Å². The van der Waals surface area contributed by atoms with Crippen molar-refractivity contribution >= 4 is 39.0 Å². The molecule has 0 aliphatic carbocycles. The van der Waals surface area contributed by atoms with Gasteiger partial charge in [-0.05, 0) is 24.6 Å². The maximum atomic E-state index is 5.96. The summed E-state index contributed by atoms with van der Waals surface area (Å²) >= 11 is 7.58. The van der Waals surface area contributed by atoms with Crippen LogP contribution in [0.25, 0.3) is 21.3 Å². The third-order valence-corrected chi connectivity index (χ3v) is 4.26. The van der Waals surface area contributed by atoms with Gasteiger partial charge in [0.15, 0.2) is 0 Å². The predicted octanol–water partition coefficient (Wildman–Crippen LogP) is 3.69. The molecule has 0 atom stereocenters. The van der Waals surface area contributed by atoms with Crippen molar-refractivity contribution in [3.8, 4) is 11.1 Å². The second kappa shape index (κ2) is 5.97. The molecule has 108 valence electrons. The highest BCUT2D eigenvalue weighted by Crippen LogP contribution is 2.37. The lowest BCUT2D eigenvalue weighted by atomic mass is 10.1. The van der Waals surface area contributed by atoms with Crippen molar-refractivity contribution < 1.29 is 0 Å². The zero-order valence-corrected chi connectivity index (χ0v) is 13.1. The van der Waals surface area contributed by atoms with Gasteiger partial charge in [-0.3, -0.25) is 0 Å². The quantitative estimate of drug-likeness (QED) is 0.770. The van der Waals surface area contributed by atoms with Crippen LogP contribution >= 0.6 is 22.9 Å². The molecule has 0 saturated carbocycles. The van der Waals surface area contributed by atoms with Gasteiger partial charge in [0.05, 0.1) is 5.39 Å². The summed E-state index contributed by atoms with van der Waals surface area (Å²) in [5, 5.41) is 7.17. The third kappa shape index (κ3) is 2.85. The van der Waals surface area contributed by atoms with Crippen molar-refractivity contribution in [2.24, 2.45) is 5.73 Å². The average molecular weight is 319 g/mol. The molecular formula is C15H15ClN4S. The number of thiophene rings is 1. The Kier molecular flexibility index (Phi) is 4.05. The molecule has 3 rings (SSSR count). The standard InChI is InChI=1S/C15H15ClN4S/c1-9-19-14(18-7-6-17)13-12(8-21-15(13)20-9)10-2-4-11(16)5-3-10/h2-5,8H,6-7,17H2,1H3,(H,18,19,20). The van der Waals surface area contributed by atoms with E-state index in [-0.39, 0.29) is 0 Å². The Morgan fingerprint density at radius 3 is 2.71 bits per heavy atom. The van der Waals surface area contributed by atoms with Gasteiger partial charge in [-0.1, -0.05) is 23.7 Å². The third-order valence-electron chi connectivity index (χ3n) is 3.14. The molecule has 2 aromatic heterocycles. The van der Waals surface area contributed by atoms with Crippen LogP contribution in [0.4, 0.5) is 5.82 Å². The Bertz CT molecular complexity index is 767. The molecule has 0 aliphatic heterocycles. The van der Waals surface area contributed by atoms with Gasteiger partial charge < -0.3 is 11.1 Å². The summed E-state index contributed by atoms with van der Waals surface area (Å²) in [6.07, 6.45) is 0. The van der Waals surface area contributed by atoms with Crippen LogP contribution in [0.15, 0.2) is 29.6 Å². The minimum atomic E-state index is 0.560. The average Bonchev–Trinajstić information content (AvgIpc) is 2.89. The number of nitrogens with zero attached hydrogens (tertiary/aromatic N) is 2. The fourth-order valence-electron chi connectivity index (χ4n) is 2.21. The van der Waals surface area contributed by atoms with Gasteiger partial charge in [-0.15, -0.1) is 11.3 Å². The predicted molar refractivity (Wildman–Crippen MR) is 90.1 cm³/mol. The van der Waals surface area contributed by atoms with E-state index in [0.717, 1.165) is 38.0 Å². The van der Waals surface area contributed by atoms with E-state index in [1.54, 1.807) is 11.3 Å². The van der Waals surface area contributed by atoms with E-state index < -0.39 is 0 Å². The van der Waals surface area contributed by atoms with Gasteiger partial charge in [0.1, 0.15) is 16.5 Å². The normalized spacial score (nSPS) is 11.0. The number of aryl methyl sites for hydroxylation is 1. The number of aromatic nitrogens is 2. The largest absolute Gasteiger partial charge is 0.368 e. The fourth-order valence-corrected chi connectivity index (χ4v) is 3.33. The number of nitrogens with one attached hydrogen (secondary N) is 1. The zero-order valence-electron chi connectivity index (χ0n) is 11.6. The molecular weight excluding hydrogens is 304 g/mol. The number of anilines is 1. The van der Waals surface area contributed by atoms with Crippen LogP contribution < -0.4 is 11.1 Å². The SMILES string of the molecule is Cc1nc(NCCN)c2c(-c3ccc(Cl)cc3)csc2n1. The molecule has 0 radical (unpaired) electrons. The summed E-state index contributed by atoms with van der Waals surface area (Å²) in [6, 6.07) is 7.80. The molecule has 0 amide bonds. The number of fused-ring (bicyclic) bond motifs is 1. The number of halogens is 1. The Morgan fingerprint density at radius 2 is 2.00 bits per heavy atom. The van der Waals surface area contributed by atoms with Crippen LogP contribution in [0.2, 0.25) is 5.02 Å². The molecule has 3 aromatic rings. The Morgan fingerprint density at radius 1 is 1.24 bits per heavy atom. The fraction of sp³-hybridized carbons (Fsp3) is 0.200. The van der Waals surface area contributed by atoms with Crippen molar-refractivity contribution in [3.63, 3.8) is 0 Å². The number of benzene rings is 1. The summed E-state index contributed by atoms with van der Waals surface area (Å²) in [4.78, 5) is 10.0. The monoisotopic (exact) mass is 318 g/mol. The van der Waals surface area contributed by atoms with E-state index in [9.17, 15) is 0 Å². The van der Waals surface area contributed by atoms with Crippen molar-refractivity contribution in [1.82, 2.24) is 9.97 Å². The van der Waals surface area contributed by atoms with E-state index in [0.29, 0.717) is 13.1 Å². The first-order valence-electron chi connectivity index (χ1n) is 6.65. The van der Waals surface area contributed by atoms with E-state index in [1.807, 2.05) is 31.2 Å². The van der Waals surface area contributed by atoms with Crippen LogP contribution in [-0.2, 0) is 0 Å². The highest BCUT2D eigenvalue weighted by atomic mass is 35.5. The summed E-state index contributed by atoms with van der Waals surface area (Å²) in [6.45, 7) is 3.14. The second-order valence-corrected chi connectivity index (χ2v) is 5.97. The lowest BCUT2D eigenvalue weighted by Crippen LogP contribution is -2.14. The van der Waals surface area contributed by atoms with Crippen LogP contribution in [0, 0.1) is 6.92 Å². The molecule has 0 saturated heterocycles. The lowest BCUT2D eigenvalue weighted by Gasteiger charge is -2.08. The smallest absolute Gasteiger partial charge is 0.139 e. The Hall–Kier alpha value is -1.69. The molecule has 0 aliphatic rings. The van der Waals surface area contributed by atoms with Crippen molar-refractivity contribution in [3.05, 3.63) is 40.5 Å². The first-order chi connectivity index (χ1) is 10.2. The first kappa shape index (κ1) is 14.3. The highest BCUT2D eigenvalue weighted by molar-refractivity contribution is 7.17. The van der Waals surface area contributed by atoms with Gasteiger partial charge in [0.25, 0.3) is 0 Å². The van der Waals surface area contributed by atoms with Crippen molar-refractivity contribution in [1.29, 1.82) is 0 Å². The maximum absolute atomic E-state index is 5.96. The number of rotatable bonds is 4. The second-order valence-electron chi connectivity index (χ2n) is 4.67. The molecule has 0 fully saturated rings. The van der Waals surface area contributed by atoms with E-state index in [2.05, 4.69) is 20.7 Å². The molecule has 2 heterocycles. The molecule has 21 heavy (non-hydrogen) atoms. The number of hydrogen-bond acceptors (Lipinski definition) is 5. The van der Waals surface area contributed by atoms with Crippen molar-refractivity contribution in [2.45, 2.75) is 6.92 Å². The van der Waals surface area contributed by atoms with E-state index in [4.69, 9.17) is 17.3 Å². The summed E-state index contributed by atoms with van der Waals surface area (Å²) in [5.41, 5.74) is 7.80. The highest BCUT2D eigenvalue weighted by Gasteiger charge is 2.14. The Balaban J connectivity index is 2.17. The lowest BCUT2D eigenvalue weighted by molar-refractivity contribution is 1.000. The Labute approximate surface area is 132 Å². The summed E-state index contributed by atoms with van der Waals surface area (Å²) in [5.74, 6) is 1.60. The number of hydrogen-bond donors (Lipinski definition) is 2. The first-order valence-corrected chi connectivity index (χ1v) is 7.90. The van der Waals surface area contributed by atoms with E-state index >= 15 is 0 Å². The molecule has 4 nitrogen and oxygen atoms in total. The molecule has 0 bridgehead atoms. The van der Waals surface area contributed by atoms with Gasteiger partial charge >= 0.3 is 0 Å². The molecule has 1 aromatic carbocycles. The van der Waals surface area contributed by atoms with Crippen LogP contribution in [0.5, 0.6) is 0 Å². The maximum Gasteiger partial charge on any atom is 0.139 e. The summed E-state index contributed by atoms with van der Waals surface area (Å²) in [7, 11) is 0. The van der Waals surface area contributed by atoms with Crippen LogP contribution in [0.1, 0.15) is 5.82 Å². The van der Waals surface area contributed by atoms with Gasteiger partial charge in [0.2, 0.25) is 0 Å². The van der Waals surface area contributed by atoms with Gasteiger partial charge in [0, 0.05) is 29.1 Å². The van der Waals surface area contributed by atoms with Gasteiger partial charge in [-0.25, -0.2) is 9.97 Å². The molecule has 0 unspecified atom stereocenters. The van der Waals surface area contributed by atoms with Crippen LogP contribution in [-0.4, -0.2) is 23.1 Å². The zero-order chi connectivity index (χ0) is 14.8.